The molecule has 26 heavy (non-hydrogen) atoms. The van der Waals surface area contributed by atoms with Crippen LogP contribution in [0, 0.1) is 20.8 Å². The second kappa shape index (κ2) is 8.18. The molecular formula is C19H17IN2O3S. The minimum Gasteiger partial charge on any atom is -0.452 e. The number of anilines is 1. The minimum absolute atomic E-state index is 0.381. The molecule has 1 N–H and O–H groups in total. The molecule has 0 unspecified atom stereocenters. The third kappa shape index (κ3) is 4.07. The molecular weight excluding hydrogens is 463 g/mol. The fourth-order valence-corrected chi connectivity index (χ4v) is 4.94. The van der Waals surface area contributed by atoms with Gasteiger partial charge in [0, 0.05) is 8.45 Å². The van der Waals surface area contributed by atoms with Crippen molar-refractivity contribution in [2.24, 2.45) is 5.92 Å². The van der Waals surface area contributed by atoms with Gasteiger partial charge in [-0.1, -0.05) is 19.1 Å². The van der Waals surface area contributed by atoms with Crippen molar-refractivity contribution in [2.75, 3.05) is 11.9 Å². The number of hydrogen-bond donors (Lipinski definition) is 1. The number of amides is 1. The van der Waals surface area contributed by atoms with E-state index in [1.165, 1.54) is 16.2 Å². The van der Waals surface area contributed by atoms with Crippen molar-refractivity contribution in [1.82, 2.24) is 0 Å². The quantitative estimate of drug-likeness (QED) is 0.527. The molecule has 134 valence electrons. The van der Waals surface area contributed by atoms with E-state index in [4.69, 9.17) is 4.74 Å². The molecule has 5 nitrogen and oxygen atoms in total. The van der Waals surface area contributed by atoms with E-state index in [1.54, 1.807) is 18.2 Å². The summed E-state index contributed by atoms with van der Waals surface area (Å²) in [5.74, 6) is -0.386. The average molecular weight is 480 g/mol. The van der Waals surface area contributed by atoms with Gasteiger partial charge in [0.15, 0.2) is 6.61 Å². The normalized spacial score (nSPS) is 15.7. The van der Waals surface area contributed by atoms with E-state index >= 15 is 0 Å². The summed E-state index contributed by atoms with van der Waals surface area (Å²) in [6.07, 6.45) is 2.86. The Hall–Kier alpha value is -1.92. The molecule has 0 aliphatic heterocycles. The molecule has 7 heteroatoms. The zero-order valence-electron chi connectivity index (χ0n) is 14.2. The van der Waals surface area contributed by atoms with Gasteiger partial charge in [-0.15, -0.1) is 11.3 Å². The summed E-state index contributed by atoms with van der Waals surface area (Å²) in [5, 5.41) is 12.7. The van der Waals surface area contributed by atoms with Crippen LogP contribution >= 0.6 is 33.9 Å². The topological polar surface area (TPSA) is 79.2 Å². The number of hydrogen-bond acceptors (Lipinski definition) is 5. The third-order valence-corrected chi connectivity index (χ3v) is 6.42. The third-order valence-electron chi connectivity index (χ3n) is 4.30. The molecule has 0 fully saturated rings. The minimum atomic E-state index is -0.537. The van der Waals surface area contributed by atoms with E-state index in [1.807, 2.05) is 28.7 Å². The monoisotopic (exact) mass is 480 g/mol. The number of nitriles is 1. The van der Waals surface area contributed by atoms with Crippen molar-refractivity contribution in [3.05, 3.63) is 49.4 Å². The highest BCUT2D eigenvalue weighted by molar-refractivity contribution is 14.1. The highest BCUT2D eigenvalue weighted by Crippen LogP contribution is 2.39. The van der Waals surface area contributed by atoms with Gasteiger partial charge < -0.3 is 10.1 Å². The Morgan fingerprint density at radius 2 is 2.19 bits per heavy atom. The van der Waals surface area contributed by atoms with E-state index in [2.05, 4.69) is 18.3 Å². The van der Waals surface area contributed by atoms with Crippen molar-refractivity contribution in [2.45, 2.75) is 26.2 Å². The van der Waals surface area contributed by atoms with Gasteiger partial charge in [-0.05, 0) is 65.5 Å². The maximum absolute atomic E-state index is 12.2. The maximum atomic E-state index is 12.2. The zero-order chi connectivity index (χ0) is 18.7. The van der Waals surface area contributed by atoms with E-state index in [0.29, 0.717) is 22.0 Å². The number of esters is 1. The van der Waals surface area contributed by atoms with E-state index in [9.17, 15) is 14.9 Å². The number of fused-ring (bicyclic) bond motifs is 1. The molecule has 1 aromatic heterocycles. The van der Waals surface area contributed by atoms with Crippen molar-refractivity contribution in [1.29, 1.82) is 5.26 Å². The van der Waals surface area contributed by atoms with Crippen LogP contribution < -0.4 is 5.32 Å². The Kier molecular flexibility index (Phi) is 5.94. The predicted molar refractivity (Wildman–Crippen MR) is 108 cm³/mol. The van der Waals surface area contributed by atoms with Crippen LogP contribution in [0.1, 0.15) is 39.7 Å². The number of thiophene rings is 1. The van der Waals surface area contributed by atoms with Gasteiger partial charge in [0.1, 0.15) is 11.1 Å². The number of ether oxygens (including phenoxy) is 1. The average Bonchev–Trinajstić information content (AvgIpc) is 2.95. The summed E-state index contributed by atoms with van der Waals surface area (Å²) in [7, 11) is 0. The summed E-state index contributed by atoms with van der Waals surface area (Å²) < 4.78 is 5.87. The van der Waals surface area contributed by atoms with Crippen LogP contribution in [0.25, 0.3) is 0 Å². The molecule has 0 bridgehead atoms. The molecule has 0 saturated heterocycles. The molecule has 2 aromatic rings. The SMILES string of the molecule is C[C@@H]1CCc2c(sc(NC(=O)COC(=O)c3ccccc3I)c2C#N)C1. The first-order chi connectivity index (χ1) is 12.5. The summed E-state index contributed by atoms with van der Waals surface area (Å²) in [5.41, 5.74) is 2.04. The van der Waals surface area contributed by atoms with Crippen LogP contribution in [-0.2, 0) is 22.4 Å². The lowest BCUT2D eigenvalue weighted by atomic mass is 9.89. The Bertz CT molecular complexity index is 901. The molecule has 0 radical (unpaired) electrons. The number of benzene rings is 1. The Morgan fingerprint density at radius 1 is 1.42 bits per heavy atom. The summed E-state index contributed by atoms with van der Waals surface area (Å²) >= 11 is 3.50. The van der Waals surface area contributed by atoms with Gasteiger partial charge in [-0.3, -0.25) is 4.79 Å². The van der Waals surface area contributed by atoms with Crippen LogP contribution in [0.15, 0.2) is 24.3 Å². The molecule has 0 spiro atoms. The van der Waals surface area contributed by atoms with Crippen LogP contribution in [0.2, 0.25) is 0 Å². The molecule has 3 rings (SSSR count). The number of rotatable bonds is 4. The molecule has 1 heterocycles. The largest absolute Gasteiger partial charge is 0.452 e. The smallest absolute Gasteiger partial charge is 0.339 e. The van der Waals surface area contributed by atoms with Crippen molar-refractivity contribution >= 4 is 50.8 Å². The van der Waals surface area contributed by atoms with Crippen molar-refractivity contribution in [3.63, 3.8) is 0 Å². The van der Waals surface area contributed by atoms with Gasteiger partial charge in [0.2, 0.25) is 0 Å². The molecule has 1 aliphatic carbocycles. The number of halogens is 1. The second-order valence-corrected chi connectivity index (χ2v) is 8.54. The van der Waals surface area contributed by atoms with Crippen LogP contribution in [0.4, 0.5) is 5.00 Å². The number of nitrogens with zero attached hydrogens (tertiary/aromatic N) is 1. The molecule has 1 atom stereocenters. The molecule has 1 aliphatic rings. The standard InChI is InChI=1S/C19H17IN2O3S/c1-11-6-7-12-14(9-21)18(26-16(12)8-11)22-17(23)10-25-19(24)13-4-2-3-5-15(13)20/h2-5,11H,6-8,10H2,1H3,(H,22,23)/t11-/m1/s1. The van der Waals surface area contributed by atoms with Gasteiger partial charge in [-0.25, -0.2) is 4.79 Å². The fourth-order valence-electron chi connectivity index (χ4n) is 2.96. The summed E-state index contributed by atoms with van der Waals surface area (Å²) in [6.45, 7) is 1.81. The fraction of sp³-hybridized carbons (Fsp3) is 0.316. The first-order valence-electron chi connectivity index (χ1n) is 8.25. The number of carbonyl (C=O) groups is 2. The number of nitrogens with one attached hydrogen (secondary N) is 1. The maximum Gasteiger partial charge on any atom is 0.339 e. The Balaban J connectivity index is 1.65. The molecule has 0 saturated carbocycles. The van der Waals surface area contributed by atoms with Gasteiger partial charge in [0.05, 0.1) is 11.1 Å². The summed E-state index contributed by atoms with van der Waals surface area (Å²) in [4.78, 5) is 25.4. The van der Waals surface area contributed by atoms with E-state index in [0.717, 1.165) is 28.4 Å². The highest BCUT2D eigenvalue weighted by atomic mass is 127. The van der Waals surface area contributed by atoms with Gasteiger partial charge >= 0.3 is 5.97 Å². The van der Waals surface area contributed by atoms with E-state index in [-0.39, 0.29) is 6.61 Å². The predicted octanol–water partition coefficient (Wildman–Crippen LogP) is 4.14. The van der Waals surface area contributed by atoms with Crippen molar-refractivity contribution in [3.8, 4) is 6.07 Å². The van der Waals surface area contributed by atoms with Crippen LogP contribution in [0.5, 0.6) is 0 Å². The highest BCUT2D eigenvalue weighted by Gasteiger charge is 2.25. The van der Waals surface area contributed by atoms with Crippen molar-refractivity contribution < 1.29 is 14.3 Å². The van der Waals surface area contributed by atoms with E-state index < -0.39 is 11.9 Å². The van der Waals surface area contributed by atoms with Crippen LogP contribution in [-0.4, -0.2) is 18.5 Å². The second-order valence-electron chi connectivity index (χ2n) is 6.27. The zero-order valence-corrected chi connectivity index (χ0v) is 17.1. The lowest BCUT2D eigenvalue weighted by Crippen LogP contribution is -2.21. The first kappa shape index (κ1) is 18.9. The summed E-state index contributed by atoms with van der Waals surface area (Å²) in [6, 6.07) is 9.24. The van der Waals surface area contributed by atoms with Gasteiger partial charge in [-0.2, -0.15) is 5.26 Å². The lowest BCUT2D eigenvalue weighted by molar-refractivity contribution is -0.119. The Morgan fingerprint density at radius 3 is 2.92 bits per heavy atom. The van der Waals surface area contributed by atoms with Crippen LogP contribution in [0.3, 0.4) is 0 Å². The van der Waals surface area contributed by atoms with Gasteiger partial charge in [0.25, 0.3) is 5.91 Å². The Labute approximate surface area is 169 Å². The first-order valence-corrected chi connectivity index (χ1v) is 10.1. The lowest BCUT2D eigenvalue weighted by Gasteiger charge is -2.17. The number of carbonyl (C=O) groups excluding carboxylic acids is 2. The molecule has 1 amide bonds. The molecule has 1 aromatic carbocycles.